The van der Waals surface area contributed by atoms with E-state index in [2.05, 4.69) is 31.2 Å². The van der Waals surface area contributed by atoms with E-state index in [0.717, 1.165) is 23.9 Å². The summed E-state index contributed by atoms with van der Waals surface area (Å²) in [7, 11) is 0. The summed E-state index contributed by atoms with van der Waals surface area (Å²) in [6.45, 7) is 2.86. The van der Waals surface area contributed by atoms with Crippen LogP contribution in [-0.4, -0.2) is 51.1 Å². The molecule has 6 nitrogen and oxygen atoms in total. The lowest BCUT2D eigenvalue weighted by molar-refractivity contribution is -0.139. The van der Waals surface area contributed by atoms with Crippen molar-refractivity contribution in [1.82, 2.24) is 14.9 Å². The summed E-state index contributed by atoms with van der Waals surface area (Å²) in [6, 6.07) is 0.670. The standard InChI is InChI=1S/C12H17BrN4O2/c1-2-17(7-11(18)19)10-3-9(4-10)16-12-14-5-8(13)6-15-12/h5-6,9-10H,2-4,7H2,1H3,(H,18,19)(H,14,15,16). The maximum atomic E-state index is 10.7. The molecule has 1 saturated carbocycles. The highest BCUT2D eigenvalue weighted by molar-refractivity contribution is 9.10. The van der Waals surface area contributed by atoms with Crippen LogP contribution in [0, 0.1) is 0 Å². The number of nitrogens with zero attached hydrogens (tertiary/aromatic N) is 3. The minimum Gasteiger partial charge on any atom is -0.480 e. The monoisotopic (exact) mass is 328 g/mol. The van der Waals surface area contributed by atoms with E-state index in [1.165, 1.54) is 0 Å². The zero-order valence-electron chi connectivity index (χ0n) is 10.7. The van der Waals surface area contributed by atoms with Gasteiger partial charge in [0.25, 0.3) is 0 Å². The van der Waals surface area contributed by atoms with Crippen molar-refractivity contribution in [3.05, 3.63) is 16.9 Å². The van der Waals surface area contributed by atoms with Gasteiger partial charge in [-0.25, -0.2) is 9.97 Å². The average Bonchev–Trinajstić information content (AvgIpc) is 2.33. The number of rotatable bonds is 6. The summed E-state index contributed by atoms with van der Waals surface area (Å²) >= 11 is 3.29. The Labute approximate surface area is 120 Å². The highest BCUT2D eigenvalue weighted by atomic mass is 79.9. The summed E-state index contributed by atoms with van der Waals surface area (Å²) in [5.74, 6) is -0.151. The van der Waals surface area contributed by atoms with Crippen LogP contribution in [0.4, 0.5) is 5.95 Å². The molecule has 0 saturated heterocycles. The molecule has 1 fully saturated rings. The van der Waals surface area contributed by atoms with Crippen molar-refractivity contribution in [2.75, 3.05) is 18.4 Å². The zero-order chi connectivity index (χ0) is 13.8. The summed E-state index contributed by atoms with van der Waals surface area (Å²) in [5.41, 5.74) is 0. The molecule has 1 aliphatic carbocycles. The predicted molar refractivity (Wildman–Crippen MR) is 75.0 cm³/mol. The number of nitrogens with one attached hydrogen (secondary N) is 1. The number of hydrogen-bond donors (Lipinski definition) is 2. The summed E-state index contributed by atoms with van der Waals surface area (Å²) < 4.78 is 0.850. The first-order valence-corrected chi connectivity index (χ1v) is 7.07. The maximum Gasteiger partial charge on any atom is 0.317 e. The Morgan fingerprint density at radius 2 is 2.16 bits per heavy atom. The van der Waals surface area contributed by atoms with Crippen LogP contribution in [-0.2, 0) is 4.79 Å². The molecule has 1 heterocycles. The second kappa shape index (κ2) is 6.29. The van der Waals surface area contributed by atoms with E-state index < -0.39 is 5.97 Å². The zero-order valence-corrected chi connectivity index (χ0v) is 12.3. The Kier molecular flexibility index (Phi) is 4.71. The Hall–Kier alpha value is -1.21. The van der Waals surface area contributed by atoms with Gasteiger partial charge in [-0.15, -0.1) is 0 Å². The molecule has 0 aromatic carbocycles. The summed E-state index contributed by atoms with van der Waals surface area (Å²) in [6.07, 6.45) is 5.27. The molecule has 2 N–H and O–H groups in total. The van der Waals surface area contributed by atoms with Gasteiger partial charge in [-0.2, -0.15) is 0 Å². The van der Waals surface area contributed by atoms with E-state index >= 15 is 0 Å². The van der Waals surface area contributed by atoms with Gasteiger partial charge in [-0.05, 0) is 35.3 Å². The molecule has 19 heavy (non-hydrogen) atoms. The fourth-order valence-corrected chi connectivity index (χ4v) is 2.45. The molecule has 0 bridgehead atoms. The van der Waals surface area contributed by atoms with Crippen molar-refractivity contribution < 1.29 is 9.90 Å². The number of halogens is 1. The Balaban J connectivity index is 1.79. The molecule has 0 unspecified atom stereocenters. The van der Waals surface area contributed by atoms with Crippen LogP contribution in [0.2, 0.25) is 0 Å². The molecular formula is C12H17BrN4O2. The number of anilines is 1. The van der Waals surface area contributed by atoms with Crippen LogP contribution in [0.3, 0.4) is 0 Å². The molecule has 1 aromatic heterocycles. The fraction of sp³-hybridized carbons (Fsp3) is 0.583. The lowest BCUT2D eigenvalue weighted by Crippen LogP contribution is -2.51. The molecule has 0 amide bonds. The van der Waals surface area contributed by atoms with Crippen molar-refractivity contribution in [1.29, 1.82) is 0 Å². The van der Waals surface area contributed by atoms with E-state index in [1.54, 1.807) is 12.4 Å². The molecule has 0 radical (unpaired) electrons. The number of carbonyl (C=O) groups is 1. The van der Waals surface area contributed by atoms with Gasteiger partial charge in [-0.3, -0.25) is 9.69 Å². The van der Waals surface area contributed by atoms with Gasteiger partial charge < -0.3 is 10.4 Å². The topological polar surface area (TPSA) is 78.4 Å². The van der Waals surface area contributed by atoms with Crippen molar-refractivity contribution in [3.8, 4) is 0 Å². The van der Waals surface area contributed by atoms with Crippen LogP contribution in [0.15, 0.2) is 16.9 Å². The first-order chi connectivity index (χ1) is 9.08. The smallest absolute Gasteiger partial charge is 0.317 e. The molecule has 2 rings (SSSR count). The first-order valence-electron chi connectivity index (χ1n) is 6.28. The van der Waals surface area contributed by atoms with Crippen molar-refractivity contribution in [2.24, 2.45) is 0 Å². The highest BCUT2D eigenvalue weighted by Gasteiger charge is 2.34. The average molecular weight is 329 g/mol. The molecule has 0 aliphatic heterocycles. The number of aliphatic carboxylic acids is 1. The Bertz CT molecular complexity index is 434. The molecule has 7 heteroatoms. The van der Waals surface area contributed by atoms with E-state index in [1.807, 2.05) is 11.8 Å². The largest absolute Gasteiger partial charge is 0.480 e. The quantitative estimate of drug-likeness (QED) is 0.825. The fourth-order valence-electron chi connectivity index (χ4n) is 2.25. The van der Waals surface area contributed by atoms with Crippen molar-refractivity contribution >= 4 is 27.8 Å². The number of hydrogen-bond acceptors (Lipinski definition) is 5. The molecule has 0 spiro atoms. The minimum atomic E-state index is -0.769. The number of aromatic nitrogens is 2. The second-order valence-electron chi connectivity index (χ2n) is 4.65. The van der Waals surface area contributed by atoms with E-state index in [0.29, 0.717) is 18.0 Å². The SMILES string of the molecule is CCN(CC(=O)O)C1CC(Nc2ncc(Br)cn2)C1. The van der Waals surface area contributed by atoms with Gasteiger partial charge in [0.05, 0.1) is 11.0 Å². The van der Waals surface area contributed by atoms with Gasteiger partial charge in [0, 0.05) is 24.5 Å². The van der Waals surface area contributed by atoms with Crippen molar-refractivity contribution in [2.45, 2.75) is 31.8 Å². The number of likely N-dealkylation sites (N-methyl/N-ethyl adjacent to an activating group) is 1. The van der Waals surface area contributed by atoms with Crippen LogP contribution >= 0.6 is 15.9 Å². The lowest BCUT2D eigenvalue weighted by Gasteiger charge is -2.42. The van der Waals surface area contributed by atoms with Crippen LogP contribution in [0.5, 0.6) is 0 Å². The third-order valence-corrected chi connectivity index (χ3v) is 3.74. The highest BCUT2D eigenvalue weighted by Crippen LogP contribution is 2.27. The number of carboxylic acids is 1. The van der Waals surface area contributed by atoms with E-state index in [9.17, 15) is 4.79 Å². The number of carboxylic acid groups (broad SMARTS) is 1. The Morgan fingerprint density at radius 3 is 2.68 bits per heavy atom. The molecule has 1 aliphatic rings. The normalized spacial score (nSPS) is 22.1. The Morgan fingerprint density at radius 1 is 1.53 bits per heavy atom. The summed E-state index contributed by atoms with van der Waals surface area (Å²) in [5, 5.41) is 12.1. The van der Waals surface area contributed by atoms with Crippen LogP contribution < -0.4 is 5.32 Å². The van der Waals surface area contributed by atoms with E-state index in [-0.39, 0.29) is 6.54 Å². The molecule has 1 aromatic rings. The van der Waals surface area contributed by atoms with Crippen molar-refractivity contribution in [3.63, 3.8) is 0 Å². The van der Waals surface area contributed by atoms with Gasteiger partial charge >= 0.3 is 5.97 Å². The maximum absolute atomic E-state index is 10.7. The van der Waals surface area contributed by atoms with Gasteiger partial charge in [0.15, 0.2) is 0 Å². The van der Waals surface area contributed by atoms with Gasteiger partial charge in [0.1, 0.15) is 0 Å². The molecular weight excluding hydrogens is 312 g/mol. The predicted octanol–water partition coefficient (Wildman–Crippen LogP) is 1.59. The van der Waals surface area contributed by atoms with E-state index in [4.69, 9.17) is 5.11 Å². The summed E-state index contributed by atoms with van der Waals surface area (Å²) in [4.78, 5) is 21.0. The lowest BCUT2D eigenvalue weighted by atomic mass is 9.85. The molecule has 104 valence electrons. The van der Waals surface area contributed by atoms with Gasteiger partial charge in [0.2, 0.25) is 5.95 Å². The second-order valence-corrected chi connectivity index (χ2v) is 5.56. The van der Waals surface area contributed by atoms with Crippen LogP contribution in [0.1, 0.15) is 19.8 Å². The third kappa shape index (κ3) is 3.87. The first kappa shape index (κ1) is 14.2. The molecule has 0 atom stereocenters. The van der Waals surface area contributed by atoms with Gasteiger partial charge in [-0.1, -0.05) is 6.92 Å². The third-order valence-electron chi connectivity index (χ3n) is 3.33. The minimum absolute atomic E-state index is 0.114. The van der Waals surface area contributed by atoms with Crippen LogP contribution in [0.25, 0.3) is 0 Å².